The van der Waals surface area contributed by atoms with Crippen molar-refractivity contribution in [1.29, 1.82) is 0 Å². The van der Waals surface area contributed by atoms with E-state index in [4.69, 9.17) is 0 Å². The maximum Gasteiger partial charge on any atom is 0.222 e. The number of carbonyl (C=O) groups is 2. The highest BCUT2D eigenvalue weighted by molar-refractivity contribution is 5.87. The van der Waals surface area contributed by atoms with Gasteiger partial charge in [-0.2, -0.15) is 0 Å². The van der Waals surface area contributed by atoms with Crippen molar-refractivity contribution in [3.63, 3.8) is 0 Å². The number of rotatable bonds is 4. The number of likely N-dealkylation sites (tertiary alicyclic amines) is 1. The van der Waals surface area contributed by atoms with Crippen molar-refractivity contribution in [3.05, 3.63) is 35.4 Å². The van der Waals surface area contributed by atoms with Gasteiger partial charge in [0.25, 0.3) is 0 Å². The lowest BCUT2D eigenvalue weighted by atomic mass is 10.0. The minimum Gasteiger partial charge on any atom is -0.335 e. The molecule has 0 N–H and O–H groups in total. The predicted molar refractivity (Wildman–Crippen MR) is 74.9 cm³/mol. The number of aryl methyl sites for hydroxylation is 2. The van der Waals surface area contributed by atoms with E-state index in [0.29, 0.717) is 19.4 Å². The average Bonchev–Trinajstić information content (AvgIpc) is 2.41. The molecule has 3 nitrogen and oxygen atoms in total. The summed E-state index contributed by atoms with van der Waals surface area (Å²) < 4.78 is 0. The SMILES string of the molecule is Cc1ccccc1CCCC(=O)N1CCCC(=O)C1. The Morgan fingerprint density at radius 2 is 2.11 bits per heavy atom. The number of nitrogens with zero attached hydrogens (tertiary/aromatic N) is 1. The first kappa shape index (κ1) is 13.8. The molecule has 1 aliphatic heterocycles. The Kier molecular flexibility index (Phi) is 4.72. The molecule has 0 spiro atoms. The Bertz CT molecular complexity index is 468. The van der Waals surface area contributed by atoms with Crippen molar-refractivity contribution in [2.75, 3.05) is 13.1 Å². The zero-order valence-corrected chi connectivity index (χ0v) is 11.5. The molecule has 1 heterocycles. The van der Waals surface area contributed by atoms with Crippen LogP contribution in [0.1, 0.15) is 36.8 Å². The van der Waals surface area contributed by atoms with Crippen molar-refractivity contribution in [2.24, 2.45) is 0 Å². The quantitative estimate of drug-likeness (QED) is 0.833. The van der Waals surface area contributed by atoms with Gasteiger partial charge in [0.15, 0.2) is 5.78 Å². The average molecular weight is 259 g/mol. The Morgan fingerprint density at radius 1 is 1.32 bits per heavy atom. The molecule has 0 aliphatic carbocycles. The van der Waals surface area contributed by atoms with Crippen molar-refractivity contribution in [2.45, 2.75) is 39.0 Å². The molecule has 1 aliphatic rings. The minimum absolute atomic E-state index is 0.127. The molecule has 1 saturated heterocycles. The van der Waals surface area contributed by atoms with Crippen LogP contribution in [0.2, 0.25) is 0 Å². The van der Waals surface area contributed by atoms with Gasteiger partial charge >= 0.3 is 0 Å². The molecule has 0 unspecified atom stereocenters. The predicted octanol–water partition coefficient (Wildman–Crippen LogP) is 2.51. The molecular weight excluding hydrogens is 238 g/mol. The van der Waals surface area contributed by atoms with Gasteiger partial charge in [0, 0.05) is 19.4 Å². The summed E-state index contributed by atoms with van der Waals surface area (Å²) in [6.45, 7) is 3.17. The largest absolute Gasteiger partial charge is 0.335 e. The molecule has 19 heavy (non-hydrogen) atoms. The first-order valence-corrected chi connectivity index (χ1v) is 7.01. The van der Waals surface area contributed by atoms with Crippen LogP contribution in [-0.2, 0) is 16.0 Å². The van der Waals surface area contributed by atoms with E-state index < -0.39 is 0 Å². The zero-order chi connectivity index (χ0) is 13.7. The van der Waals surface area contributed by atoms with Crippen molar-refractivity contribution < 1.29 is 9.59 Å². The summed E-state index contributed by atoms with van der Waals surface area (Å²) in [6, 6.07) is 8.28. The maximum absolute atomic E-state index is 12.0. The molecule has 0 saturated carbocycles. The van der Waals surface area contributed by atoms with E-state index in [-0.39, 0.29) is 11.7 Å². The second-order valence-corrected chi connectivity index (χ2v) is 5.24. The van der Waals surface area contributed by atoms with Crippen LogP contribution in [-0.4, -0.2) is 29.7 Å². The van der Waals surface area contributed by atoms with Crippen LogP contribution in [0.15, 0.2) is 24.3 Å². The summed E-state index contributed by atoms with van der Waals surface area (Å²) in [6.07, 6.45) is 3.78. The number of benzene rings is 1. The number of piperidine rings is 1. The van der Waals surface area contributed by atoms with E-state index in [2.05, 4.69) is 19.1 Å². The van der Waals surface area contributed by atoms with E-state index in [9.17, 15) is 9.59 Å². The number of amides is 1. The van der Waals surface area contributed by atoms with E-state index in [1.54, 1.807) is 4.90 Å². The lowest BCUT2D eigenvalue weighted by Crippen LogP contribution is -2.40. The van der Waals surface area contributed by atoms with Gasteiger partial charge in [-0.1, -0.05) is 24.3 Å². The van der Waals surface area contributed by atoms with Crippen LogP contribution in [0.25, 0.3) is 0 Å². The Labute approximate surface area is 114 Å². The Morgan fingerprint density at radius 3 is 2.84 bits per heavy atom. The van der Waals surface area contributed by atoms with E-state index in [1.807, 2.05) is 12.1 Å². The van der Waals surface area contributed by atoms with Gasteiger partial charge in [0.2, 0.25) is 5.91 Å². The molecule has 3 heteroatoms. The number of Topliss-reactive ketones (excluding diaryl/α,β-unsaturated/α-hetero) is 1. The lowest BCUT2D eigenvalue weighted by molar-refractivity contribution is -0.137. The molecule has 0 bridgehead atoms. The van der Waals surface area contributed by atoms with Crippen LogP contribution >= 0.6 is 0 Å². The van der Waals surface area contributed by atoms with E-state index >= 15 is 0 Å². The van der Waals surface area contributed by atoms with Crippen molar-refractivity contribution >= 4 is 11.7 Å². The highest BCUT2D eigenvalue weighted by Crippen LogP contribution is 2.13. The number of hydrogen-bond donors (Lipinski definition) is 0. The van der Waals surface area contributed by atoms with Gasteiger partial charge in [-0.3, -0.25) is 9.59 Å². The van der Waals surface area contributed by atoms with E-state index in [0.717, 1.165) is 25.8 Å². The summed E-state index contributed by atoms with van der Waals surface area (Å²) in [5.74, 6) is 0.320. The fraction of sp³-hybridized carbons (Fsp3) is 0.500. The first-order valence-electron chi connectivity index (χ1n) is 7.01. The van der Waals surface area contributed by atoms with Crippen molar-refractivity contribution in [1.82, 2.24) is 4.90 Å². The van der Waals surface area contributed by atoms with Gasteiger partial charge in [-0.15, -0.1) is 0 Å². The van der Waals surface area contributed by atoms with Gasteiger partial charge in [0.1, 0.15) is 0 Å². The van der Waals surface area contributed by atoms with Crippen LogP contribution in [0, 0.1) is 6.92 Å². The second-order valence-electron chi connectivity index (χ2n) is 5.24. The van der Waals surface area contributed by atoms with Gasteiger partial charge < -0.3 is 4.90 Å². The molecule has 2 rings (SSSR count). The first-order chi connectivity index (χ1) is 9.16. The summed E-state index contributed by atoms with van der Waals surface area (Å²) in [5.41, 5.74) is 2.59. The van der Waals surface area contributed by atoms with Crippen LogP contribution in [0.3, 0.4) is 0 Å². The molecule has 1 aromatic rings. The molecule has 102 valence electrons. The third-order valence-corrected chi connectivity index (χ3v) is 3.70. The number of ketones is 1. The number of hydrogen-bond acceptors (Lipinski definition) is 2. The Balaban J connectivity index is 1.78. The highest BCUT2D eigenvalue weighted by atomic mass is 16.2. The van der Waals surface area contributed by atoms with Gasteiger partial charge in [-0.05, 0) is 37.3 Å². The summed E-state index contributed by atoms with van der Waals surface area (Å²) in [4.78, 5) is 25.0. The van der Waals surface area contributed by atoms with Crippen LogP contribution < -0.4 is 0 Å². The second kappa shape index (κ2) is 6.50. The monoisotopic (exact) mass is 259 g/mol. The van der Waals surface area contributed by atoms with E-state index in [1.165, 1.54) is 11.1 Å². The molecule has 1 fully saturated rings. The number of carbonyl (C=O) groups excluding carboxylic acids is 2. The van der Waals surface area contributed by atoms with Gasteiger partial charge in [-0.25, -0.2) is 0 Å². The minimum atomic E-state index is 0.127. The molecular formula is C16H21NO2. The third-order valence-electron chi connectivity index (χ3n) is 3.70. The highest BCUT2D eigenvalue weighted by Gasteiger charge is 2.20. The summed E-state index contributed by atoms with van der Waals surface area (Å²) in [5, 5.41) is 0. The normalized spacial score (nSPS) is 15.6. The van der Waals surface area contributed by atoms with Crippen LogP contribution in [0.4, 0.5) is 0 Å². The van der Waals surface area contributed by atoms with Crippen molar-refractivity contribution in [3.8, 4) is 0 Å². The molecule has 0 atom stereocenters. The molecule has 1 aromatic carbocycles. The molecule has 0 radical (unpaired) electrons. The lowest BCUT2D eigenvalue weighted by Gasteiger charge is -2.25. The molecule has 1 amide bonds. The fourth-order valence-electron chi connectivity index (χ4n) is 2.53. The smallest absolute Gasteiger partial charge is 0.222 e. The third kappa shape index (κ3) is 3.91. The Hall–Kier alpha value is -1.64. The molecule has 0 aromatic heterocycles. The maximum atomic E-state index is 12.0. The fourth-order valence-corrected chi connectivity index (χ4v) is 2.53. The van der Waals surface area contributed by atoms with Crippen LogP contribution in [0.5, 0.6) is 0 Å². The summed E-state index contributed by atoms with van der Waals surface area (Å²) >= 11 is 0. The zero-order valence-electron chi connectivity index (χ0n) is 11.5. The standard InChI is InChI=1S/C16H21NO2/c1-13-6-2-3-7-14(13)8-4-10-16(19)17-11-5-9-15(18)12-17/h2-3,6-7H,4-5,8-12H2,1H3. The topological polar surface area (TPSA) is 37.4 Å². The van der Waals surface area contributed by atoms with Gasteiger partial charge in [0.05, 0.1) is 6.54 Å². The summed E-state index contributed by atoms with van der Waals surface area (Å²) in [7, 11) is 0.